The molecule has 0 rings (SSSR count). The summed E-state index contributed by atoms with van der Waals surface area (Å²) in [5.74, 6) is -1.00. The Morgan fingerprint density at radius 3 is 2.58 bits per heavy atom. The van der Waals surface area contributed by atoms with E-state index in [1.54, 1.807) is 7.11 Å². The zero-order valence-corrected chi connectivity index (χ0v) is 7.62. The summed E-state index contributed by atoms with van der Waals surface area (Å²) in [4.78, 5) is 10.5. The molecular weight excluding hydrogens is 158 g/mol. The highest BCUT2D eigenvalue weighted by Gasteiger charge is 2.18. The number of carbonyl (C=O) groups is 1. The summed E-state index contributed by atoms with van der Waals surface area (Å²) in [6.07, 6.45) is 0.583. The second kappa shape index (κ2) is 5.97. The van der Waals surface area contributed by atoms with E-state index in [1.165, 1.54) is 0 Å². The van der Waals surface area contributed by atoms with Crippen molar-refractivity contribution in [1.29, 1.82) is 0 Å². The summed E-state index contributed by atoms with van der Waals surface area (Å²) in [7, 11) is 1.61. The van der Waals surface area contributed by atoms with Gasteiger partial charge in [-0.05, 0) is 12.3 Å². The first-order chi connectivity index (χ1) is 5.61. The van der Waals surface area contributed by atoms with E-state index in [9.17, 15) is 4.79 Å². The average molecular weight is 175 g/mol. The van der Waals surface area contributed by atoms with Gasteiger partial charge in [-0.25, -0.2) is 0 Å². The third-order valence-corrected chi connectivity index (χ3v) is 1.77. The Morgan fingerprint density at radius 2 is 2.25 bits per heavy atom. The lowest BCUT2D eigenvalue weighted by atomic mass is 9.97. The maximum Gasteiger partial charge on any atom is 0.307 e. The number of ether oxygens (including phenoxy) is 1. The van der Waals surface area contributed by atoms with Crippen LogP contribution in [-0.2, 0) is 9.53 Å². The van der Waals surface area contributed by atoms with Gasteiger partial charge in [0.2, 0.25) is 0 Å². The van der Waals surface area contributed by atoms with Crippen molar-refractivity contribution in [3.63, 3.8) is 0 Å². The Hall–Kier alpha value is -0.610. The summed E-state index contributed by atoms with van der Waals surface area (Å²) in [5, 5.41) is 8.67. The van der Waals surface area contributed by atoms with Gasteiger partial charge in [0.25, 0.3) is 0 Å². The highest BCUT2D eigenvalue weighted by atomic mass is 16.5. The molecule has 0 saturated carbocycles. The standard InChI is InChI=1S/C8H17NO3/c1-6(5-12-2)3-7(4-9)8(10)11/h6-7H,3-5,9H2,1-2H3,(H,10,11)/t6-,7-/m1/s1. The lowest BCUT2D eigenvalue weighted by molar-refractivity contribution is -0.142. The minimum absolute atomic E-state index is 0.198. The molecule has 0 aliphatic rings. The summed E-state index contributed by atoms with van der Waals surface area (Å²) in [6, 6.07) is 0. The van der Waals surface area contributed by atoms with E-state index in [0.29, 0.717) is 13.0 Å². The lowest BCUT2D eigenvalue weighted by Gasteiger charge is -2.14. The molecule has 0 radical (unpaired) electrons. The van der Waals surface area contributed by atoms with Gasteiger partial charge in [-0.1, -0.05) is 6.92 Å². The highest BCUT2D eigenvalue weighted by molar-refractivity contribution is 5.70. The fraction of sp³-hybridized carbons (Fsp3) is 0.875. The maximum atomic E-state index is 10.5. The predicted octanol–water partition coefficient (Wildman–Crippen LogP) is 0.319. The molecule has 0 aliphatic heterocycles. The molecule has 0 aromatic heterocycles. The Labute approximate surface area is 72.7 Å². The van der Waals surface area contributed by atoms with Crippen LogP contribution in [0.5, 0.6) is 0 Å². The van der Waals surface area contributed by atoms with Crippen LogP contribution in [0.15, 0.2) is 0 Å². The fourth-order valence-electron chi connectivity index (χ4n) is 1.14. The van der Waals surface area contributed by atoms with Crippen molar-refractivity contribution in [2.45, 2.75) is 13.3 Å². The Kier molecular flexibility index (Phi) is 5.66. The third-order valence-electron chi connectivity index (χ3n) is 1.77. The van der Waals surface area contributed by atoms with Crippen molar-refractivity contribution in [2.24, 2.45) is 17.6 Å². The quantitative estimate of drug-likeness (QED) is 0.609. The number of hydrogen-bond donors (Lipinski definition) is 2. The van der Waals surface area contributed by atoms with E-state index >= 15 is 0 Å². The molecule has 0 saturated heterocycles. The molecule has 0 amide bonds. The second-order valence-corrected chi connectivity index (χ2v) is 3.07. The summed E-state index contributed by atoms with van der Waals surface area (Å²) in [6.45, 7) is 2.74. The van der Waals surface area contributed by atoms with Gasteiger partial charge in [-0.3, -0.25) is 4.79 Å². The van der Waals surface area contributed by atoms with E-state index < -0.39 is 11.9 Å². The lowest BCUT2D eigenvalue weighted by Crippen LogP contribution is -2.26. The monoisotopic (exact) mass is 175 g/mol. The predicted molar refractivity (Wildman–Crippen MR) is 45.8 cm³/mol. The normalized spacial score (nSPS) is 15.6. The first-order valence-electron chi connectivity index (χ1n) is 4.03. The number of carboxylic acids is 1. The zero-order chi connectivity index (χ0) is 9.56. The number of methoxy groups -OCH3 is 1. The SMILES string of the molecule is COC[C@H](C)C[C@H](CN)C(=O)O. The van der Waals surface area contributed by atoms with E-state index in [0.717, 1.165) is 0 Å². The number of rotatable bonds is 6. The van der Waals surface area contributed by atoms with E-state index in [4.69, 9.17) is 15.6 Å². The van der Waals surface area contributed by atoms with Gasteiger partial charge in [0.05, 0.1) is 5.92 Å². The third kappa shape index (κ3) is 4.31. The molecule has 0 aliphatic carbocycles. The van der Waals surface area contributed by atoms with Crippen LogP contribution in [0.4, 0.5) is 0 Å². The summed E-state index contributed by atoms with van der Waals surface area (Å²) < 4.78 is 4.89. The van der Waals surface area contributed by atoms with Gasteiger partial charge < -0.3 is 15.6 Å². The van der Waals surface area contributed by atoms with Crippen LogP contribution in [0.25, 0.3) is 0 Å². The van der Waals surface area contributed by atoms with Crippen LogP contribution in [0.1, 0.15) is 13.3 Å². The average Bonchev–Trinajstić information content (AvgIpc) is 2.00. The zero-order valence-electron chi connectivity index (χ0n) is 7.62. The van der Waals surface area contributed by atoms with Crippen LogP contribution in [0, 0.1) is 11.8 Å². The molecule has 0 aromatic rings. The summed E-state index contributed by atoms with van der Waals surface area (Å²) >= 11 is 0. The molecule has 0 fully saturated rings. The minimum atomic E-state index is -0.819. The molecule has 0 aromatic carbocycles. The highest BCUT2D eigenvalue weighted by Crippen LogP contribution is 2.11. The fourth-order valence-corrected chi connectivity index (χ4v) is 1.14. The van der Waals surface area contributed by atoms with Crippen LogP contribution < -0.4 is 5.73 Å². The Bertz CT molecular complexity index is 138. The first kappa shape index (κ1) is 11.4. The van der Waals surface area contributed by atoms with Gasteiger partial charge in [-0.15, -0.1) is 0 Å². The molecule has 4 nitrogen and oxygen atoms in total. The molecule has 0 spiro atoms. The molecule has 0 unspecified atom stereocenters. The number of nitrogens with two attached hydrogens (primary N) is 1. The van der Waals surface area contributed by atoms with E-state index in [1.807, 2.05) is 6.92 Å². The molecule has 0 bridgehead atoms. The van der Waals surface area contributed by atoms with Crippen molar-refractivity contribution in [2.75, 3.05) is 20.3 Å². The van der Waals surface area contributed by atoms with Gasteiger partial charge >= 0.3 is 5.97 Å². The number of hydrogen-bond acceptors (Lipinski definition) is 3. The van der Waals surface area contributed by atoms with Gasteiger partial charge in [-0.2, -0.15) is 0 Å². The van der Waals surface area contributed by atoms with Crippen LogP contribution in [-0.4, -0.2) is 31.3 Å². The van der Waals surface area contributed by atoms with Crippen molar-refractivity contribution < 1.29 is 14.6 Å². The summed E-state index contributed by atoms with van der Waals surface area (Å²) in [5.41, 5.74) is 5.30. The van der Waals surface area contributed by atoms with E-state index in [-0.39, 0.29) is 12.5 Å². The Balaban J connectivity index is 3.77. The van der Waals surface area contributed by atoms with Crippen molar-refractivity contribution in [3.05, 3.63) is 0 Å². The minimum Gasteiger partial charge on any atom is -0.481 e. The molecule has 12 heavy (non-hydrogen) atoms. The Morgan fingerprint density at radius 1 is 1.67 bits per heavy atom. The molecule has 4 heteroatoms. The number of aliphatic carboxylic acids is 1. The molecule has 0 heterocycles. The van der Waals surface area contributed by atoms with Crippen LogP contribution >= 0.6 is 0 Å². The van der Waals surface area contributed by atoms with Crippen molar-refractivity contribution >= 4 is 5.97 Å². The molecule has 2 atom stereocenters. The second-order valence-electron chi connectivity index (χ2n) is 3.07. The topological polar surface area (TPSA) is 72.5 Å². The largest absolute Gasteiger partial charge is 0.481 e. The smallest absolute Gasteiger partial charge is 0.307 e. The molecule has 3 N–H and O–H groups in total. The first-order valence-corrected chi connectivity index (χ1v) is 4.03. The van der Waals surface area contributed by atoms with Crippen LogP contribution in [0.2, 0.25) is 0 Å². The van der Waals surface area contributed by atoms with Gasteiger partial charge in [0.1, 0.15) is 0 Å². The van der Waals surface area contributed by atoms with Gasteiger partial charge in [0, 0.05) is 20.3 Å². The van der Waals surface area contributed by atoms with E-state index in [2.05, 4.69) is 0 Å². The maximum absolute atomic E-state index is 10.5. The molecule has 72 valence electrons. The van der Waals surface area contributed by atoms with Crippen molar-refractivity contribution in [1.82, 2.24) is 0 Å². The van der Waals surface area contributed by atoms with Crippen molar-refractivity contribution in [3.8, 4) is 0 Å². The van der Waals surface area contributed by atoms with Gasteiger partial charge in [0.15, 0.2) is 0 Å². The van der Waals surface area contributed by atoms with Crippen LogP contribution in [0.3, 0.4) is 0 Å². The molecular formula is C8H17NO3. The number of carboxylic acid groups (broad SMARTS) is 1.